The van der Waals surface area contributed by atoms with Crippen molar-refractivity contribution in [2.75, 3.05) is 33.7 Å². The maximum Gasteiger partial charge on any atom is 0.245 e. The summed E-state index contributed by atoms with van der Waals surface area (Å²) in [6, 6.07) is 10.1. The van der Waals surface area contributed by atoms with Crippen molar-refractivity contribution in [1.82, 2.24) is 29.8 Å². The molecule has 2 aliphatic rings. The topological polar surface area (TPSA) is 108 Å². The molecule has 234 valence electrons. The maximum atomic E-state index is 14.2. The van der Waals surface area contributed by atoms with Gasteiger partial charge in [-0.3, -0.25) is 23.9 Å². The van der Waals surface area contributed by atoms with Crippen molar-refractivity contribution in [1.29, 1.82) is 0 Å². The van der Waals surface area contributed by atoms with Gasteiger partial charge in [0.25, 0.3) is 0 Å². The number of nitrogens with one attached hydrogen (secondary N) is 1. The Kier molecular flexibility index (Phi) is 9.65. The summed E-state index contributed by atoms with van der Waals surface area (Å²) in [6.45, 7) is 2.95. The van der Waals surface area contributed by atoms with Crippen LogP contribution < -0.4 is 5.32 Å². The molecule has 2 fully saturated rings. The number of aromatic nitrogens is 2. The van der Waals surface area contributed by atoms with E-state index >= 15 is 0 Å². The molecule has 0 spiro atoms. The van der Waals surface area contributed by atoms with Crippen LogP contribution in [0, 0.1) is 5.82 Å². The molecule has 1 N–H and O–H groups in total. The molecule has 2 heterocycles. The Morgan fingerprint density at radius 3 is 2.45 bits per heavy atom. The maximum absolute atomic E-state index is 14.2. The minimum absolute atomic E-state index is 0.0160. The van der Waals surface area contributed by atoms with Crippen LogP contribution in [-0.4, -0.2) is 93.8 Å². The van der Waals surface area contributed by atoms with E-state index in [-0.39, 0.29) is 72.0 Å². The van der Waals surface area contributed by atoms with E-state index in [0.717, 1.165) is 44.3 Å². The van der Waals surface area contributed by atoms with Gasteiger partial charge in [-0.05, 0) is 69.6 Å². The fraction of sp³-hybridized carbons (Fsp3) is 0.469. The summed E-state index contributed by atoms with van der Waals surface area (Å²) in [4.78, 5) is 57.4. The van der Waals surface area contributed by atoms with E-state index in [4.69, 9.17) is 11.6 Å². The lowest BCUT2D eigenvalue weighted by Gasteiger charge is -2.35. The Balaban J connectivity index is 1.27. The Labute approximate surface area is 261 Å². The summed E-state index contributed by atoms with van der Waals surface area (Å²) in [7, 11) is 3.93. The van der Waals surface area contributed by atoms with Gasteiger partial charge in [0.15, 0.2) is 5.78 Å². The number of nitrogens with zero attached hydrogens (tertiary/aromatic N) is 5. The van der Waals surface area contributed by atoms with Crippen LogP contribution in [0.2, 0.25) is 5.02 Å². The van der Waals surface area contributed by atoms with Gasteiger partial charge in [-0.15, -0.1) is 0 Å². The second kappa shape index (κ2) is 13.4. The summed E-state index contributed by atoms with van der Waals surface area (Å²) in [5, 5.41) is 7.69. The molecule has 44 heavy (non-hydrogen) atoms. The Morgan fingerprint density at radius 2 is 1.77 bits per heavy atom. The SMILES string of the molecule is CC(=O)c1nn(CC(=O)N(CC(=O)NCc2cccc(Cl)c2F)C2CC2)c2ccc(CC(=O)N(C)C3CCN(C)CC3)cc12. The van der Waals surface area contributed by atoms with Gasteiger partial charge in [-0.1, -0.05) is 29.8 Å². The van der Waals surface area contributed by atoms with Crippen LogP contribution in [0.1, 0.15) is 54.2 Å². The van der Waals surface area contributed by atoms with E-state index in [0.29, 0.717) is 10.9 Å². The number of carbonyl (C=O) groups is 4. The normalized spacial score (nSPS) is 15.8. The molecule has 5 rings (SSSR count). The first kappa shape index (κ1) is 31.6. The molecular weight excluding hydrogens is 587 g/mol. The summed E-state index contributed by atoms with van der Waals surface area (Å²) in [6.07, 6.45) is 3.64. The number of hydrogen-bond donors (Lipinski definition) is 1. The van der Waals surface area contributed by atoms with Crippen LogP contribution >= 0.6 is 11.6 Å². The molecule has 12 heteroatoms. The largest absolute Gasteiger partial charge is 0.350 e. The number of hydrogen-bond acceptors (Lipinski definition) is 6. The predicted molar refractivity (Wildman–Crippen MR) is 165 cm³/mol. The Hall–Kier alpha value is -3.83. The lowest BCUT2D eigenvalue weighted by atomic mass is 10.0. The minimum atomic E-state index is -0.590. The van der Waals surface area contributed by atoms with Crippen molar-refractivity contribution < 1.29 is 23.6 Å². The fourth-order valence-electron chi connectivity index (χ4n) is 5.72. The Bertz CT molecular complexity index is 1580. The number of rotatable bonds is 11. The first-order chi connectivity index (χ1) is 21.0. The molecule has 2 aromatic carbocycles. The number of fused-ring (bicyclic) bond motifs is 1. The second-order valence-corrected chi connectivity index (χ2v) is 12.3. The van der Waals surface area contributed by atoms with Crippen molar-refractivity contribution in [3.8, 4) is 0 Å². The monoisotopic (exact) mass is 624 g/mol. The second-order valence-electron chi connectivity index (χ2n) is 11.9. The average molecular weight is 625 g/mol. The van der Waals surface area contributed by atoms with Crippen LogP contribution in [0.4, 0.5) is 4.39 Å². The van der Waals surface area contributed by atoms with E-state index in [9.17, 15) is 23.6 Å². The van der Waals surface area contributed by atoms with Gasteiger partial charge in [-0.25, -0.2) is 4.39 Å². The van der Waals surface area contributed by atoms with Gasteiger partial charge >= 0.3 is 0 Å². The zero-order chi connectivity index (χ0) is 31.5. The van der Waals surface area contributed by atoms with E-state index < -0.39 is 11.7 Å². The number of halogens is 2. The smallest absolute Gasteiger partial charge is 0.245 e. The molecule has 1 saturated carbocycles. The molecule has 1 saturated heterocycles. The van der Waals surface area contributed by atoms with Crippen LogP contribution in [-0.2, 0) is 33.9 Å². The molecule has 10 nitrogen and oxygen atoms in total. The fourth-order valence-corrected chi connectivity index (χ4v) is 5.91. The number of carbonyl (C=O) groups excluding carboxylic acids is 4. The minimum Gasteiger partial charge on any atom is -0.350 e. The third-order valence-corrected chi connectivity index (χ3v) is 8.84. The van der Waals surface area contributed by atoms with E-state index in [1.807, 2.05) is 24.1 Å². The molecule has 0 atom stereocenters. The van der Waals surface area contributed by atoms with E-state index in [1.54, 1.807) is 12.1 Å². The van der Waals surface area contributed by atoms with Gasteiger partial charge in [-0.2, -0.15) is 5.10 Å². The molecule has 0 unspecified atom stereocenters. The number of amides is 3. The van der Waals surface area contributed by atoms with Crippen molar-refractivity contribution in [2.24, 2.45) is 0 Å². The van der Waals surface area contributed by atoms with Gasteiger partial charge in [0.1, 0.15) is 18.1 Å². The van der Waals surface area contributed by atoms with Crippen LogP contribution in [0.5, 0.6) is 0 Å². The van der Waals surface area contributed by atoms with Gasteiger partial charge in [0, 0.05) is 43.5 Å². The van der Waals surface area contributed by atoms with Crippen LogP contribution in [0.25, 0.3) is 10.9 Å². The molecule has 3 aromatic rings. The predicted octanol–water partition coefficient (Wildman–Crippen LogP) is 3.43. The molecular formula is C32H38ClFN6O4. The van der Waals surface area contributed by atoms with Gasteiger partial charge in [0.2, 0.25) is 17.7 Å². The Morgan fingerprint density at radius 1 is 1.05 bits per heavy atom. The molecule has 0 radical (unpaired) electrons. The zero-order valence-electron chi connectivity index (χ0n) is 25.3. The summed E-state index contributed by atoms with van der Waals surface area (Å²) in [5.74, 6) is -1.55. The molecule has 1 aliphatic carbocycles. The van der Waals surface area contributed by atoms with E-state index in [2.05, 4.69) is 22.4 Å². The summed E-state index contributed by atoms with van der Waals surface area (Å²) >= 11 is 5.83. The third kappa shape index (κ3) is 7.27. The molecule has 3 amide bonds. The van der Waals surface area contributed by atoms with Crippen LogP contribution in [0.3, 0.4) is 0 Å². The highest BCUT2D eigenvalue weighted by Crippen LogP contribution is 2.28. The zero-order valence-corrected chi connectivity index (χ0v) is 26.1. The highest BCUT2D eigenvalue weighted by atomic mass is 35.5. The van der Waals surface area contributed by atoms with Crippen molar-refractivity contribution in [3.63, 3.8) is 0 Å². The van der Waals surface area contributed by atoms with Gasteiger partial charge < -0.3 is 20.0 Å². The van der Waals surface area contributed by atoms with Crippen molar-refractivity contribution in [3.05, 3.63) is 64.1 Å². The van der Waals surface area contributed by atoms with Gasteiger partial charge in [0.05, 0.1) is 23.5 Å². The van der Waals surface area contributed by atoms with Crippen LogP contribution in [0.15, 0.2) is 36.4 Å². The molecule has 1 aromatic heterocycles. The van der Waals surface area contributed by atoms with E-state index in [1.165, 1.54) is 28.6 Å². The standard InChI is InChI=1S/C32H38ClFN6O4/c1-20(41)32-25-15-21(16-29(43)38(3)23-11-13-37(2)14-12-23)7-10-27(25)40(36-32)19-30(44)39(24-8-9-24)18-28(42)35-17-22-5-4-6-26(33)31(22)34/h4-7,10,15,23-24H,8-9,11-14,16-19H2,1-3H3,(H,35,42). The number of piperidine rings is 1. The quantitative estimate of drug-likeness (QED) is 0.328. The van der Waals surface area contributed by atoms with Crippen molar-refractivity contribution in [2.45, 2.75) is 64.2 Å². The number of Topliss-reactive ketones (excluding diaryl/α,β-unsaturated/α-hetero) is 1. The number of likely N-dealkylation sites (tertiary alicyclic amines) is 1. The number of ketones is 1. The molecule has 0 bridgehead atoms. The highest BCUT2D eigenvalue weighted by Gasteiger charge is 2.34. The first-order valence-electron chi connectivity index (χ1n) is 15.0. The number of likely N-dealkylation sites (N-methyl/N-ethyl adjacent to an activating group) is 1. The lowest BCUT2D eigenvalue weighted by molar-refractivity contribution is -0.137. The highest BCUT2D eigenvalue weighted by molar-refractivity contribution is 6.30. The summed E-state index contributed by atoms with van der Waals surface area (Å²) < 4.78 is 15.7. The average Bonchev–Trinajstić information content (AvgIpc) is 3.78. The summed E-state index contributed by atoms with van der Waals surface area (Å²) in [5.41, 5.74) is 1.85. The number of benzene rings is 2. The van der Waals surface area contributed by atoms with Crippen molar-refractivity contribution >= 4 is 46.0 Å². The first-order valence-corrected chi connectivity index (χ1v) is 15.3. The molecule has 1 aliphatic heterocycles. The third-order valence-electron chi connectivity index (χ3n) is 8.55. The lowest BCUT2D eigenvalue weighted by Crippen LogP contribution is -2.44.